The number of carbonyl (C=O) groups is 1. The summed E-state index contributed by atoms with van der Waals surface area (Å²) >= 11 is 0. The Labute approximate surface area is 117 Å². The molecule has 108 valence electrons. The van der Waals surface area contributed by atoms with Crippen molar-refractivity contribution >= 4 is 17.3 Å². The van der Waals surface area contributed by atoms with Crippen LogP contribution in [0, 0.1) is 16.0 Å². The fourth-order valence-corrected chi connectivity index (χ4v) is 2.75. The van der Waals surface area contributed by atoms with Crippen LogP contribution < -0.4 is 11.1 Å². The van der Waals surface area contributed by atoms with Gasteiger partial charge in [-0.2, -0.15) is 0 Å². The average Bonchev–Trinajstić information content (AvgIpc) is 2.38. The summed E-state index contributed by atoms with van der Waals surface area (Å²) in [5.74, 6) is 0.161. The normalized spacial score (nSPS) is 26.0. The summed E-state index contributed by atoms with van der Waals surface area (Å²) in [5, 5.41) is 13.4. The maximum absolute atomic E-state index is 12.3. The van der Waals surface area contributed by atoms with E-state index in [0.717, 1.165) is 12.8 Å². The number of hydrogen-bond donors (Lipinski definition) is 2. The average molecular weight is 277 g/mol. The fraction of sp³-hybridized carbons (Fsp3) is 0.500. The van der Waals surface area contributed by atoms with E-state index >= 15 is 0 Å². The zero-order valence-corrected chi connectivity index (χ0v) is 11.5. The summed E-state index contributed by atoms with van der Waals surface area (Å²) in [6.45, 7) is 2.08. The molecule has 0 spiro atoms. The summed E-state index contributed by atoms with van der Waals surface area (Å²) in [6, 6.07) is 5.89. The van der Waals surface area contributed by atoms with E-state index in [1.807, 2.05) is 0 Å². The molecule has 0 aromatic heterocycles. The van der Waals surface area contributed by atoms with E-state index in [1.165, 1.54) is 12.1 Å². The number of rotatable bonds is 3. The number of benzene rings is 1. The quantitative estimate of drug-likeness (QED) is 0.654. The van der Waals surface area contributed by atoms with Crippen LogP contribution in [-0.2, 0) is 4.79 Å². The van der Waals surface area contributed by atoms with Gasteiger partial charge in [0.2, 0.25) is 5.91 Å². The molecule has 6 heteroatoms. The maximum Gasteiger partial charge on any atom is 0.271 e. The first-order valence-electron chi connectivity index (χ1n) is 6.75. The number of nitrogens with zero attached hydrogens (tertiary/aromatic N) is 1. The van der Waals surface area contributed by atoms with Crippen molar-refractivity contribution in [2.24, 2.45) is 11.7 Å². The van der Waals surface area contributed by atoms with Gasteiger partial charge in [0.1, 0.15) is 0 Å². The van der Waals surface area contributed by atoms with Gasteiger partial charge in [-0.3, -0.25) is 14.9 Å². The van der Waals surface area contributed by atoms with Gasteiger partial charge in [0, 0.05) is 17.8 Å². The van der Waals surface area contributed by atoms with Crippen LogP contribution in [0.1, 0.15) is 32.6 Å². The van der Waals surface area contributed by atoms with Crippen LogP contribution in [0.2, 0.25) is 0 Å². The van der Waals surface area contributed by atoms with Gasteiger partial charge in [-0.25, -0.2) is 0 Å². The van der Waals surface area contributed by atoms with Crippen LogP contribution in [0.4, 0.5) is 11.4 Å². The third kappa shape index (κ3) is 3.14. The van der Waals surface area contributed by atoms with E-state index < -0.39 is 10.5 Å². The van der Waals surface area contributed by atoms with Crippen molar-refractivity contribution in [2.45, 2.75) is 38.1 Å². The largest absolute Gasteiger partial charge is 0.324 e. The van der Waals surface area contributed by atoms with Crippen LogP contribution in [0.3, 0.4) is 0 Å². The molecule has 1 saturated carbocycles. The summed E-state index contributed by atoms with van der Waals surface area (Å²) in [6.07, 6.45) is 3.31. The molecule has 1 aliphatic carbocycles. The van der Waals surface area contributed by atoms with E-state index in [4.69, 9.17) is 5.73 Å². The molecular weight excluding hydrogens is 258 g/mol. The predicted octanol–water partition coefficient (Wildman–Crippen LogP) is 2.44. The fourth-order valence-electron chi connectivity index (χ4n) is 2.75. The standard InChI is InChI=1S/C14H19N3O3/c1-10-4-3-7-14(15,9-10)13(18)16-11-5-2-6-12(8-11)17(19)20/h2,5-6,8,10H,3-4,7,9,15H2,1H3,(H,16,18). The van der Waals surface area contributed by atoms with E-state index in [-0.39, 0.29) is 11.6 Å². The Kier molecular flexibility index (Phi) is 4.04. The number of nitrogens with one attached hydrogen (secondary N) is 1. The van der Waals surface area contributed by atoms with Gasteiger partial charge in [-0.1, -0.05) is 25.8 Å². The van der Waals surface area contributed by atoms with E-state index in [0.29, 0.717) is 24.4 Å². The molecule has 1 amide bonds. The molecule has 2 unspecified atom stereocenters. The van der Waals surface area contributed by atoms with E-state index in [2.05, 4.69) is 12.2 Å². The Morgan fingerprint density at radius 2 is 2.30 bits per heavy atom. The molecule has 0 bridgehead atoms. The SMILES string of the molecule is CC1CCCC(N)(C(=O)Nc2cccc([N+](=O)[O-])c2)C1. The summed E-state index contributed by atoms with van der Waals surface area (Å²) < 4.78 is 0. The lowest BCUT2D eigenvalue weighted by Crippen LogP contribution is -2.53. The van der Waals surface area contributed by atoms with Gasteiger partial charge in [0.15, 0.2) is 0 Å². The Bertz CT molecular complexity index is 532. The van der Waals surface area contributed by atoms with Gasteiger partial charge in [0.05, 0.1) is 10.5 Å². The van der Waals surface area contributed by atoms with Crippen LogP contribution in [-0.4, -0.2) is 16.4 Å². The number of anilines is 1. The minimum absolute atomic E-state index is 0.0501. The highest BCUT2D eigenvalue weighted by Crippen LogP contribution is 2.31. The Morgan fingerprint density at radius 3 is 2.95 bits per heavy atom. The molecule has 1 aromatic rings. The number of hydrogen-bond acceptors (Lipinski definition) is 4. The molecule has 2 atom stereocenters. The van der Waals surface area contributed by atoms with Crippen molar-refractivity contribution in [1.29, 1.82) is 0 Å². The van der Waals surface area contributed by atoms with Crippen molar-refractivity contribution in [3.05, 3.63) is 34.4 Å². The topological polar surface area (TPSA) is 98.3 Å². The molecule has 6 nitrogen and oxygen atoms in total. The Hall–Kier alpha value is -1.95. The first kappa shape index (κ1) is 14.5. The summed E-state index contributed by atoms with van der Waals surface area (Å²) in [7, 11) is 0. The number of nitro benzene ring substituents is 1. The molecule has 20 heavy (non-hydrogen) atoms. The van der Waals surface area contributed by atoms with Crippen molar-refractivity contribution in [1.82, 2.24) is 0 Å². The molecule has 3 N–H and O–H groups in total. The third-order valence-electron chi connectivity index (χ3n) is 3.80. The van der Waals surface area contributed by atoms with Crippen molar-refractivity contribution < 1.29 is 9.72 Å². The minimum Gasteiger partial charge on any atom is -0.324 e. The lowest BCUT2D eigenvalue weighted by molar-refractivity contribution is -0.384. The van der Waals surface area contributed by atoms with Gasteiger partial charge >= 0.3 is 0 Å². The smallest absolute Gasteiger partial charge is 0.271 e. The van der Waals surface area contributed by atoms with Crippen molar-refractivity contribution in [2.75, 3.05) is 5.32 Å². The zero-order valence-electron chi connectivity index (χ0n) is 11.5. The number of carbonyl (C=O) groups excluding carboxylic acids is 1. The number of amides is 1. The Morgan fingerprint density at radius 1 is 1.55 bits per heavy atom. The molecule has 1 aliphatic rings. The molecule has 0 saturated heterocycles. The summed E-state index contributed by atoms with van der Waals surface area (Å²) in [4.78, 5) is 22.5. The zero-order chi connectivity index (χ0) is 14.8. The monoisotopic (exact) mass is 277 g/mol. The molecule has 0 heterocycles. The highest BCUT2D eigenvalue weighted by Gasteiger charge is 2.38. The molecule has 1 aromatic carbocycles. The second-order valence-corrected chi connectivity index (χ2v) is 5.62. The highest BCUT2D eigenvalue weighted by atomic mass is 16.6. The number of non-ortho nitro benzene ring substituents is 1. The van der Waals surface area contributed by atoms with Crippen LogP contribution in [0.5, 0.6) is 0 Å². The number of nitrogens with two attached hydrogens (primary N) is 1. The van der Waals surface area contributed by atoms with E-state index in [1.54, 1.807) is 12.1 Å². The molecule has 0 radical (unpaired) electrons. The van der Waals surface area contributed by atoms with Gasteiger partial charge in [-0.05, 0) is 24.8 Å². The maximum atomic E-state index is 12.3. The first-order chi connectivity index (χ1) is 9.40. The van der Waals surface area contributed by atoms with Crippen LogP contribution in [0.15, 0.2) is 24.3 Å². The molecular formula is C14H19N3O3. The summed E-state index contributed by atoms with van der Waals surface area (Å²) in [5.41, 5.74) is 5.68. The van der Waals surface area contributed by atoms with Gasteiger partial charge in [0.25, 0.3) is 5.69 Å². The van der Waals surface area contributed by atoms with Crippen molar-refractivity contribution in [3.63, 3.8) is 0 Å². The Balaban J connectivity index is 2.11. The molecule has 1 fully saturated rings. The first-order valence-corrected chi connectivity index (χ1v) is 6.75. The van der Waals surface area contributed by atoms with Crippen LogP contribution in [0.25, 0.3) is 0 Å². The number of nitro groups is 1. The van der Waals surface area contributed by atoms with Gasteiger partial charge < -0.3 is 11.1 Å². The molecule has 0 aliphatic heterocycles. The highest BCUT2D eigenvalue weighted by molar-refractivity contribution is 5.98. The lowest BCUT2D eigenvalue weighted by Gasteiger charge is -2.35. The second kappa shape index (κ2) is 5.58. The molecule has 2 rings (SSSR count). The minimum atomic E-state index is -0.873. The van der Waals surface area contributed by atoms with E-state index in [9.17, 15) is 14.9 Å². The lowest BCUT2D eigenvalue weighted by atomic mass is 9.76. The second-order valence-electron chi connectivity index (χ2n) is 5.62. The third-order valence-corrected chi connectivity index (χ3v) is 3.80. The predicted molar refractivity (Wildman–Crippen MR) is 76.3 cm³/mol. The van der Waals surface area contributed by atoms with Crippen molar-refractivity contribution in [3.8, 4) is 0 Å². The van der Waals surface area contributed by atoms with Gasteiger partial charge in [-0.15, -0.1) is 0 Å². The van der Waals surface area contributed by atoms with Crippen LogP contribution >= 0.6 is 0 Å².